The molecule has 0 radical (unpaired) electrons. The predicted octanol–water partition coefficient (Wildman–Crippen LogP) is 1.19. The van der Waals surface area contributed by atoms with Crippen molar-refractivity contribution < 1.29 is 14.7 Å². The maximum Gasteiger partial charge on any atom is 0.365 e. The Morgan fingerprint density at radius 2 is 2.21 bits per heavy atom. The van der Waals surface area contributed by atoms with Crippen LogP contribution in [0.15, 0.2) is 5.38 Å². The van der Waals surface area contributed by atoms with Crippen LogP contribution in [0.1, 0.15) is 36.3 Å². The molecular formula is C12H19N3O3S. The highest BCUT2D eigenvalue weighted by Crippen LogP contribution is 2.11. The smallest absolute Gasteiger partial charge is 0.365 e. The first-order valence-electron chi connectivity index (χ1n) is 6.11. The first-order valence-corrected chi connectivity index (χ1v) is 6.99. The van der Waals surface area contributed by atoms with Crippen LogP contribution in [0.25, 0.3) is 0 Å². The Hall–Kier alpha value is -1.47. The van der Waals surface area contributed by atoms with Gasteiger partial charge in [-0.05, 0) is 20.4 Å². The lowest BCUT2D eigenvalue weighted by atomic mass is 10.3. The monoisotopic (exact) mass is 285 g/mol. The molecule has 106 valence electrons. The molecule has 7 heteroatoms. The second-order valence-electron chi connectivity index (χ2n) is 4.47. The fourth-order valence-electron chi connectivity index (χ4n) is 1.56. The molecule has 1 aromatic heterocycles. The lowest BCUT2D eigenvalue weighted by molar-refractivity contribution is -0.122. The van der Waals surface area contributed by atoms with Gasteiger partial charge in [-0.2, -0.15) is 0 Å². The molecule has 1 aromatic rings. The number of nitrogens with one attached hydrogen (secondary N) is 1. The maximum absolute atomic E-state index is 11.7. The third-order valence-electron chi connectivity index (χ3n) is 2.38. The summed E-state index contributed by atoms with van der Waals surface area (Å²) in [6.45, 7) is 7.24. The second kappa shape index (κ2) is 7.20. The summed E-state index contributed by atoms with van der Waals surface area (Å²) < 4.78 is 0. The largest absolute Gasteiger partial charge is 0.476 e. The number of aromatic carboxylic acids is 1. The van der Waals surface area contributed by atoms with Gasteiger partial charge >= 0.3 is 5.97 Å². The third-order valence-corrected chi connectivity index (χ3v) is 3.26. The number of carbonyl (C=O) groups is 2. The first-order chi connectivity index (χ1) is 8.92. The van der Waals surface area contributed by atoms with Gasteiger partial charge in [0, 0.05) is 18.0 Å². The highest BCUT2D eigenvalue weighted by Gasteiger charge is 2.14. The molecule has 0 fully saturated rings. The molecular weight excluding hydrogens is 266 g/mol. The van der Waals surface area contributed by atoms with Crippen LogP contribution in [-0.4, -0.2) is 46.0 Å². The molecule has 1 rings (SSSR count). The lowest BCUT2D eigenvalue weighted by Gasteiger charge is -2.19. The molecule has 0 atom stereocenters. The molecule has 0 saturated carbocycles. The molecule has 0 bridgehead atoms. The van der Waals surface area contributed by atoms with E-state index < -0.39 is 5.97 Å². The second-order valence-corrected chi connectivity index (χ2v) is 5.33. The van der Waals surface area contributed by atoms with Crippen molar-refractivity contribution in [2.75, 3.05) is 13.1 Å². The number of thiazole rings is 1. The average Bonchev–Trinajstić information content (AvgIpc) is 2.75. The summed E-state index contributed by atoms with van der Waals surface area (Å²) in [6.07, 6.45) is 0. The van der Waals surface area contributed by atoms with Gasteiger partial charge in [-0.1, -0.05) is 6.92 Å². The van der Waals surface area contributed by atoms with Gasteiger partial charge in [-0.25, -0.2) is 9.78 Å². The van der Waals surface area contributed by atoms with Gasteiger partial charge in [0.25, 0.3) is 0 Å². The number of hydrogen-bond acceptors (Lipinski definition) is 5. The summed E-state index contributed by atoms with van der Waals surface area (Å²) >= 11 is 1.10. The van der Waals surface area contributed by atoms with E-state index in [9.17, 15) is 9.59 Å². The SMILES string of the molecule is CCN(CC(=O)NC(C)C)Cc1csc(C(=O)O)n1. The Balaban J connectivity index is 2.56. The molecule has 1 amide bonds. The molecule has 0 unspecified atom stereocenters. The molecule has 6 nitrogen and oxygen atoms in total. The minimum Gasteiger partial charge on any atom is -0.476 e. The van der Waals surface area contributed by atoms with Crippen molar-refractivity contribution in [3.8, 4) is 0 Å². The molecule has 2 N–H and O–H groups in total. The lowest BCUT2D eigenvalue weighted by Crippen LogP contribution is -2.39. The van der Waals surface area contributed by atoms with E-state index in [0.717, 1.165) is 11.3 Å². The highest BCUT2D eigenvalue weighted by atomic mass is 32.1. The normalized spacial score (nSPS) is 11.0. The molecule has 0 aromatic carbocycles. The summed E-state index contributed by atoms with van der Waals surface area (Å²) in [5.74, 6) is -1.05. The Bertz CT molecular complexity index is 445. The van der Waals surface area contributed by atoms with Gasteiger partial charge in [0.15, 0.2) is 0 Å². The van der Waals surface area contributed by atoms with Crippen LogP contribution < -0.4 is 5.32 Å². The van der Waals surface area contributed by atoms with Crippen LogP contribution in [0.5, 0.6) is 0 Å². The summed E-state index contributed by atoms with van der Waals surface area (Å²) in [5.41, 5.74) is 0.682. The van der Waals surface area contributed by atoms with E-state index in [-0.39, 0.29) is 23.5 Å². The highest BCUT2D eigenvalue weighted by molar-refractivity contribution is 7.11. The van der Waals surface area contributed by atoms with Crippen LogP contribution in [0, 0.1) is 0 Å². The summed E-state index contributed by atoms with van der Waals surface area (Å²) in [5, 5.41) is 13.4. The number of nitrogens with zero attached hydrogens (tertiary/aromatic N) is 2. The zero-order valence-corrected chi connectivity index (χ0v) is 12.2. The van der Waals surface area contributed by atoms with Crippen LogP contribution >= 0.6 is 11.3 Å². The van der Waals surface area contributed by atoms with Crippen molar-refractivity contribution in [3.63, 3.8) is 0 Å². The van der Waals surface area contributed by atoms with E-state index in [0.29, 0.717) is 18.8 Å². The van der Waals surface area contributed by atoms with Gasteiger partial charge in [0.05, 0.1) is 12.2 Å². The predicted molar refractivity (Wildman–Crippen MR) is 73.3 cm³/mol. The number of likely N-dealkylation sites (N-methyl/N-ethyl adjacent to an activating group) is 1. The van der Waals surface area contributed by atoms with Gasteiger partial charge in [0.1, 0.15) is 0 Å². The summed E-state index contributed by atoms with van der Waals surface area (Å²) in [6, 6.07) is 0.115. The Morgan fingerprint density at radius 3 is 2.68 bits per heavy atom. The standard InChI is InChI=1S/C12H19N3O3S/c1-4-15(6-10(16)13-8(2)3)5-9-7-19-11(14-9)12(17)18/h7-8H,4-6H2,1-3H3,(H,13,16)(H,17,18). The Labute approximate surface area is 116 Å². The van der Waals surface area contributed by atoms with Crippen LogP contribution in [0.4, 0.5) is 0 Å². The molecule has 0 aliphatic heterocycles. The zero-order valence-electron chi connectivity index (χ0n) is 11.3. The van der Waals surface area contributed by atoms with Crippen molar-refractivity contribution in [2.45, 2.75) is 33.4 Å². The van der Waals surface area contributed by atoms with E-state index in [1.807, 2.05) is 25.7 Å². The number of carbonyl (C=O) groups excluding carboxylic acids is 1. The molecule has 0 aliphatic rings. The van der Waals surface area contributed by atoms with E-state index in [2.05, 4.69) is 10.3 Å². The van der Waals surface area contributed by atoms with Gasteiger partial charge < -0.3 is 10.4 Å². The minimum atomic E-state index is -1.02. The number of aromatic nitrogens is 1. The van der Waals surface area contributed by atoms with Crippen molar-refractivity contribution in [3.05, 3.63) is 16.1 Å². The van der Waals surface area contributed by atoms with Crippen LogP contribution in [0.3, 0.4) is 0 Å². The van der Waals surface area contributed by atoms with Gasteiger partial charge in [0.2, 0.25) is 10.9 Å². The quantitative estimate of drug-likeness (QED) is 0.786. The molecule has 0 aliphatic carbocycles. The Morgan fingerprint density at radius 1 is 1.53 bits per heavy atom. The van der Waals surface area contributed by atoms with Crippen LogP contribution in [-0.2, 0) is 11.3 Å². The summed E-state index contributed by atoms with van der Waals surface area (Å²) in [4.78, 5) is 28.3. The summed E-state index contributed by atoms with van der Waals surface area (Å²) in [7, 11) is 0. The van der Waals surface area contributed by atoms with E-state index in [4.69, 9.17) is 5.11 Å². The number of hydrogen-bond donors (Lipinski definition) is 2. The van der Waals surface area contributed by atoms with E-state index in [1.165, 1.54) is 0 Å². The number of rotatable bonds is 7. The molecule has 0 saturated heterocycles. The maximum atomic E-state index is 11.7. The molecule has 1 heterocycles. The fraction of sp³-hybridized carbons (Fsp3) is 0.583. The van der Waals surface area contributed by atoms with Gasteiger partial charge in [-0.3, -0.25) is 9.69 Å². The minimum absolute atomic E-state index is 0.0365. The Kier molecular flexibility index (Phi) is 5.91. The van der Waals surface area contributed by atoms with Crippen molar-refractivity contribution in [1.82, 2.24) is 15.2 Å². The van der Waals surface area contributed by atoms with Crippen molar-refractivity contribution in [2.24, 2.45) is 0 Å². The molecule has 19 heavy (non-hydrogen) atoms. The zero-order chi connectivity index (χ0) is 14.4. The fourth-order valence-corrected chi connectivity index (χ4v) is 2.20. The number of carboxylic acids is 1. The number of amides is 1. The van der Waals surface area contributed by atoms with Crippen molar-refractivity contribution in [1.29, 1.82) is 0 Å². The average molecular weight is 285 g/mol. The third kappa shape index (κ3) is 5.35. The van der Waals surface area contributed by atoms with Gasteiger partial charge in [-0.15, -0.1) is 11.3 Å². The van der Waals surface area contributed by atoms with E-state index in [1.54, 1.807) is 5.38 Å². The first kappa shape index (κ1) is 15.6. The number of carboxylic acid groups (broad SMARTS) is 1. The van der Waals surface area contributed by atoms with Crippen molar-refractivity contribution >= 4 is 23.2 Å². The molecule has 0 spiro atoms. The van der Waals surface area contributed by atoms with E-state index >= 15 is 0 Å². The van der Waals surface area contributed by atoms with Crippen LogP contribution in [0.2, 0.25) is 0 Å². The topological polar surface area (TPSA) is 82.5 Å².